The molecule has 0 bridgehead atoms. The first kappa shape index (κ1) is 18.5. The summed E-state index contributed by atoms with van der Waals surface area (Å²) in [6, 6.07) is 11.8. The number of benzene rings is 1. The van der Waals surface area contributed by atoms with Crippen molar-refractivity contribution in [1.82, 2.24) is 15.2 Å². The van der Waals surface area contributed by atoms with Crippen LogP contribution < -0.4 is 5.32 Å². The van der Waals surface area contributed by atoms with E-state index in [1.54, 1.807) is 16.2 Å². The van der Waals surface area contributed by atoms with Crippen LogP contribution in [0, 0.1) is 0 Å². The average Bonchev–Trinajstić information content (AvgIpc) is 3.24. The van der Waals surface area contributed by atoms with E-state index in [4.69, 9.17) is 0 Å². The molecule has 0 saturated carbocycles. The second kappa shape index (κ2) is 7.97. The number of thiophene rings is 1. The first-order valence-electron chi connectivity index (χ1n) is 8.52. The molecule has 0 aliphatic heterocycles. The van der Waals surface area contributed by atoms with Crippen molar-refractivity contribution >= 4 is 44.7 Å². The van der Waals surface area contributed by atoms with Crippen molar-refractivity contribution in [1.29, 1.82) is 0 Å². The molecule has 1 aromatic carbocycles. The van der Waals surface area contributed by atoms with Crippen LogP contribution in [0.25, 0.3) is 20.1 Å². The van der Waals surface area contributed by atoms with E-state index in [2.05, 4.69) is 10.3 Å². The first-order chi connectivity index (χ1) is 12.5. The summed E-state index contributed by atoms with van der Waals surface area (Å²) in [5.74, 6) is -0.262. The normalized spacial score (nSPS) is 11.1. The Bertz CT molecular complexity index is 897. The smallest absolute Gasteiger partial charge is 0.264 e. The maximum absolute atomic E-state index is 12.8. The van der Waals surface area contributed by atoms with Gasteiger partial charge in [-0.2, -0.15) is 0 Å². The Hall–Kier alpha value is -2.25. The Kier molecular flexibility index (Phi) is 5.68. The highest BCUT2D eigenvalue weighted by Gasteiger charge is 2.20. The summed E-state index contributed by atoms with van der Waals surface area (Å²) in [4.78, 5) is 32.5. The number of likely N-dealkylation sites (N-methyl/N-ethyl adjacent to an activating group) is 1. The molecule has 0 unspecified atom stereocenters. The number of thiazole rings is 1. The number of rotatable bonds is 6. The Morgan fingerprint density at radius 1 is 1.15 bits per heavy atom. The van der Waals surface area contributed by atoms with Crippen LogP contribution in [-0.2, 0) is 4.79 Å². The molecule has 0 atom stereocenters. The minimum Gasteiger partial charge on any atom is -0.352 e. The number of nitrogens with zero attached hydrogens (tertiary/aromatic N) is 2. The van der Waals surface area contributed by atoms with Crippen molar-refractivity contribution in [2.24, 2.45) is 0 Å². The number of hydrogen-bond donors (Lipinski definition) is 1. The topological polar surface area (TPSA) is 62.3 Å². The zero-order chi connectivity index (χ0) is 18.7. The van der Waals surface area contributed by atoms with Crippen molar-refractivity contribution in [2.45, 2.75) is 26.8 Å². The molecule has 26 heavy (non-hydrogen) atoms. The summed E-state index contributed by atoms with van der Waals surface area (Å²) in [7, 11) is 0. The Labute approximate surface area is 160 Å². The zero-order valence-corrected chi connectivity index (χ0v) is 16.6. The second-order valence-electron chi connectivity index (χ2n) is 6.19. The predicted octanol–water partition coefficient (Wildman–Crippen LogP) is 4.01. The number of carbonyl (C=O) groups excluding carboxylic acids is 2. The lowest BCUT2D eigenvalue weighted by molar-refractivity contribution is -0.122. The molecule has 3 rings (SSSR count). The average molecular weight is 388 g/mol. The van der Waals surface area contributed by atoms with E-state index >= 15 is 0 Å². The van der Waals surface area contributed by atoms with Gasteiger partial charge in [-0.15, -0.1) is 22.7 Å². The van der Waals surface area contributed by atoms with Gasteiger partial charge in [-0.3, -0.25) is 9.59 Å². The first-order valence-corrected chi connectivity index (χ1v) is 10.2. The van der Waals surface area contributed by atoms with E-state index in [1.165, 1.54) is 11.3 Å². The molecule has 5 nitrogen and oxygen atoms in total. The van der Waals surface area contributed by atoms with Gasteiger partial charge in [0.15, 0.2) is 0 Å². The van der Waals surface area contributed by atoms with Crippen molar-refractivity contribution in [3.05, 3.63) is 41.3 Å². The summed E-state index contributed by atoms with van der Waals surface area (Å²) < 4.78 is 1.13. The molecule has 7 heteroatoms. The van der Waals surface area contributed by atoms with Crippen LogP contribution in [0.15, 0.2) is 36.4 Å². The Balaban J connectivity index is 1.77. The molecule has 3 aromatic rings. The SMILES string of the molecule is CCN(CC(=O)NC(C)C)C(=O)c1ccc(-c2nc3ccccc3s2)s1. The molecular formula is C19H21N3O2S2. The van der Waals surface area contributed by atoms with E-state index in [9.17, 15) is 9.59 Å². The maximum Gasteiger partial charge on any atom is 0.264 e. The van der Waals surface area contributed by atoms with Crippen molar-refractivity contribution in [3.8, 4) is 9.88 Å². The molecule has 2 amide bonds. The van der Waals surface area contributed by atoms with Crippen LogP contribution in [0.4, 0.5) is 0 Å². The van der Waals surface area contributed by atoms with Gasteiger partial charge in [-0.05, 0) is 45.0 Å². The number of carbonyl (C=O) groups is 2. The molecule has 0 fully saturated rings. The third-order valence-electron chi connectivity index (χ3n) is 3.77. The lowest BCUT2D eigenvalue weighted by Gasteiger charge is -2.20. The fourth-order valence-electron chi connectivity index (χ4n) is 2.57. The molecule has 2 heterocycles. The van der Waals surface area contributed by atoms with Gasteiger partial charge in [0.25, 0.3) is 5.91 Å². The fraction of sp³-hybridized carbons (Fsp3) is 0.316. The standard InChI is InChI=1S/C19H21N3O2S2/c1-4-22(11-17(23)20-12(2)3)19(24)16-10-9-15(25-16)18-21-13-7-5-6-8-14(13)26-18/h5-10,12H,4,11H2,1-3H3,(H,20,23). The molecular weight excluding hydrogens is 366 g/mol. The lowest BCUT2D eigenvalue weighted by Crippen LogP contribution is -2.42. The van der Waals surface area contributed by atoms with Crippen molar-refractivity contribution < 1.29 is 9.59 Å². The zero-order valence-electron chi connectivity index (χ0n) is 15.0. The van der Waals surface area contributed by atoms with Gasteiger partial charge < -0.3 is 10.2 Å². The van der Waals surface area contributed by atoms with Gasteiger partial charge in [-0.1, -0.05) is 12.1 Å². The molecule has 0 spiro atoms. The van der Waals surface area contributed by atoms with Crippen molar-refractivity contribution in [2.75, 3.05) is 13.1 Å². The second-order valence-corrected chi connectivity index (χ2v) is 8.31. The van der Waals surface area contributed by atoms with Crippen LogP contribution in [-0.4, -0.2) is 40.8 Å². The third-order valence-corrected chi connectivity index (χ3v) is 6.05. The van der Waals surface area contributed by atoms with Gasteiger partial charge in [0, 0.05) is 12.6 Å². The van der Waals surface area contributed by atoms with Crippen LogP contribution in [0.2, 0.25) is 0 Å². The fourth-order valence-corrected chi connectivity index (χ4v) is 4.56. The minimum absolute atomic E-state index is 0.0590. The number of para-hydroxylation sites is 1. The van der Waals surface area contributed by atoms with Gasteiger partial charge in [-0.25, -0.2) is 4.98 Å². The summed E-state index contributed by atoms with van der Waals surface area (Å²) in [6.45, 7) is 6.24. The molecule has 0 aliphatic carbocycles. The van der Waals surface area contributed by atoms with E-state index in [0.717, 1.165) is 20.1 Å². The minimum atomic E-state index is -0.141. The van der Waals surface area contributed by atoms with Crippen molar-refractivity contribution in [3.63, 3.8) is 0 Å². The highest BCUT2D eigenvalue weighted by atomic mass is 32.1. The lowest BCUT2D eigenvalue weighted by atomic mass is 10.3. The van der Waals surface area contributed by atoms with Crippen LogP contribution >= 0.6 is 22.7 Å². The monoisotopic (exact) mass is 387 g/mol. The summed E-state index contributed by atoms with van der Waals surface area (Å²) in [6.07, 6.45) is 0. The third kappa shape index (κ3) is 4.11. The number of fused-ring (bicyclic) bond motifs is 1. The molecule has 0 radical (unpaired) electrons. The molecule has 0 saturated heterocycles. The van der Waals surface area contributed by atoms with E-state index in [1.807, 2.05) is 57.2 Å². The summed E-state index contributed by atoms with van der Waals surface area (Å²) in [5, 5.41) is 3.73. The Morgan fingerprint density at radius 2 is 1.92 bits per heavy atom. The highest BCUT2D eigenvalue weighted by Crippen LogP contribution is 2.34. The van der Waals surface area contributed by atoms with Gasteiger partial charge in [0.1, 0.15) is 5.01 Å². The van der Waals surface area contributed by atoms with E-state index in [-0.39, 0.29) is 24.4 Å². The molecule has 0 aliphatic rings. The molecule has 136 valence electrons. The Morgan fingerprint density at radius 3 is 2.62 bits per heavy atom. The van der Waals surface area contributed by atoms with Crippen LogP contribution in [0.1, 0.15) is 30.4 Å². The molecule has 2 aromatic heterocycles. The van der Waals surface area contributed by atoms with Gasteiger partial charge in [0.05, 0.1) is 26.5 Å². The number of aromatic nitrogens is 1. The maximum atomic E-state index is 12.8. The van der Waals surface area contributed by atoms with Gasteiger partial charge >= 0.3 is 0 Å². The summed E-state index contributed by atoms with van der Waals surface area (Å²) >= 11 is 3.04. The number of hydrogen-bond acceptors (Lipinski definition) is 5. The predicted molar refractivity (Wildman–Crippen MR) is 108 cm³/mol. The number of amides is 2. The highest BCUT2D eigenvalue weighted by molar-refractivity contribution is 7.26. The number of nitrogens with one attached hydrogen (secondary N) is 1. The quantitative estimate of drug-likeness (QED) is 0.695. The largest absolute Gasteiger partial charge is 0.352 e. The van der Waals surface area contributed by atoms with E-state index in [0.29, 0.717) is 11.4 Å². The van der Waals surface area contributed by atoms with Crippen LogP contribution in [0.3, 0.4) is 0 Å². The molecule has 1 N–H and O–H groups in total. The van der Waals surface area contributed by atoms with E-state index < -0.39 is 0 Å². The van der Waals surface area contributed by atoms with Crippen LogP contribution in [0.5, 0.6) is 0 Å². The summed E-state index contributed by atoms with van der Waals surface area (Å²) in [5.41, 5.74) is 0.967. The van der Waals surface area contributed by atoms with Gasteiger partial charge in [0.2, 0.25) is 5.91 Å².